The Morgan fingerprint density at radius 1 is 1.35 bits per heavy atom. The fraction of sp³-hybridized carbons (Fsp3) is 0.471. The van der Waals surface area contributed by atoms with Crippen LogP contribution in [0.15, 0.2) is 30.5 Å². The molecule has 1 saturated heterocycles. The summed E-state index contributed by atoms with van der Waals surface area (Å²) in [5.41, 5.74) is 3.25. The van der Waals surface area contributed by atoms with Crippen LogP contribution < -0.4 is 0 Å². The smallest absolute Gasteiger partial charge is 0.227 e. The summed E-state index contributed by atoms with van der Waals surface area (Å²) in [5.74, 6) is 0.166. The molecule has 3 heterocycles. The molecule has 1 amide bonds. The van der Waals surface area contributed by atoms with Gasteiger partial charge in [0.05, 0.1) is 37.1 Å². The van der Waals surface area contributed by atoms with Crippen LogP contribution in [0.3, 0.4) is 0 Å². The molecular formula is C17H20N4O2. The predicted molar refractivity (Wildman–Crippen MR) is 83.7 cm³/mol. The molecule has 4 rings (SSSR count). The zero-order chi connectivity index (χ0) is 15.8. The van der Waals surface area contributed by atoms with Crippen molar-refractivity contribution in [3.8, 4) is 0 Å². The summed E-state index contributed by atoms with van der Waals surface area (Å²) in [6.45, 7) is 4.00. The molecule has 0 aliphatic carbocycles. The highest BCUT2D eigenvalue weighted by Crippen LogP contribution is 2.30. The number of carbonyl (C=O) groups is 1. The lowest BCUT2D eigenvalue weighted by molar-refractivity contribution is -0.137. The first-order valence-electron chi connectivity index (χ1n) is 8.05. The summed E-state index contributed by atoms with van der Waals surface area (Å²) in [6, 6.07) is 8.23. The second-order valence-corrected chi connectivity index (χ2v) is 6.38. The van der Waals surface area contributed by atoms with Crippen LogP contribution in [0.25, 0.3) is 0 Å². The van der Waals surface area contributed by atoms with E-state index < -0.39 is 0 Å². The van der Waals surface area contributed by atoms with E-state index >= 15 is 0 Å². The Balaban J connectivity index is 1.47. The van der Waals surface area contributed by atoms with Crippen molar-refractivity contribution < 1.29 is 9.53 Å². The van der Waals surface area contributed by atoms with Crippen molar-refractivity contribution in [3.05, 3.63) is 47.3 Å². The van der Waals surface area contributed by atoms with Gasteiger partial charge in [-0.1, -0.05) is 35.0 Å². The Hall–Kier alpha value is -2.21. The number of nitrogens with zero attached hydrogens (tertiary/aromatic N) is 4. The van der Waals surface area contributed by atoms with Gasteiger partial charge in [0.15, 0.2) is 0 Å². The number of hydrogen-bond acceptors (Lipinski definition) is 4. The predicted octanol–water partition coefficient (Wildman–Crippen LogP) is 1.50. The number of ether oxygens (including phenoxy) is 1. The molecule has 0 radical (unpaired) electrons. The van der Waals surface area contributed by atoms with E-state index in [0.29, 0.717) is 19.6 Å². The van der Waals surface area contributed by atoms with Gasteiger partial charge in [-0.05, 0) is 18.9 Å². The summed E-state index contributed by atoms with van der Waals surface area (Å²) in [5, 5.41) is 8.15. The van der Waals surface area contributed by atoms with Crippen LogP contribution in [0.1, 0.15) is 29.3 Å². The number of carbonyl (C=O) groups excluding carboxylic acids is 1. The Morgan fingerprint density at radius 2 is 2.17 bits per heavy atom. The number of amides is 1. The first-order chi connectivity index (χ1) is 11.2. The van der Waals surface area contributed by atoms with Gasteiger partial charge in [-0.2, -0.15) is 0 Å². The van der Waals surface area contributed by atoms with Crippen LogP contribution in [-0.4, -0.2) is 45.0 Å². The van der Waals surface area contributed by atoms with Gasteiger partial charge in [0.2, 0.25) is 5.91 Å². The SMILES string of the molecule is Cc1ccc(CC(=O)N2CC[C@@H]3OCc4cnnn4[C@@H]3C2)cc1. The van der Waals surface area contributed by atoms with Crippen LogP contribution in [0.5, 0.6) is 0 Å². The fourth-order valence-electron chi connectivity index (χ4n) is 3.40. The van der Waals surface area contributed by atoms with Gasteiger partial charge in [0.1, 0.15) is 0 Å². The normalized spacial score (nSPS) is 23.3. The lowest BCUT2D eigenvalue weighted by Crippen LogP contribution is -2.50. The van der Waals surface area contributed by atoms with Gasteiger partial charge in [-0.15, -0.1) is 5.10 Å². The van der Waals surface area contributed by atoms with E-state index in [2.05, 4.69) is 17.2 Å². The number of benzene rings is 1. The molecule has 2 aliphatic heterocycles. The quantitative estimate of drug-likeness (QED) is 0.843. The van der Waals surface area contributed by atoms with Gasteiger partial charge in [-0.25, -0.2) is 4.68 Å². The lowest BCUT2D eigenvalue weighted by Gasteiger charge is -2.41. The van der Waals surface area contributed by atoms with Crippen molar-refractivity contribution in [2.75, 3.05) is 13.1 Å². The number of aromatic nitrogens is 3. The van der Waals surface area contributed by atoms with Crippen molar-refractivity contribution in [2.24, 2.45) is 0 Å². The highest BCUT2D eigenvalue weighted by Gasteiger charge is 2.37. The van der Waals surface area contributed by atoms with Gasteiger partial charge >= 0.3 is 0 Å². The lowest BCUT2D eigenvalue weighted by atomic mass is 9.99. The Morgan fingerprint density at radius 3 is 3.00 bits per heavy atom. The summed E-state index contributed by atoms with van der Waals surface area (Å²) in [4.78, 5) is 14.5. The minimum atomic E-state index is 0.0805. The molecule has 0 spiro atoms. The van der Waals surface area contributed by atoms with Crippen LogP contribution in [0, 0.1) is 6.92 Å². The molecule has 0 saturated carbocycles. The number of rotatable bonds is 2. The molecule has 2 aromatic rings. The van der Waals surface area contributed by atoms with E-state index in [-0.39, 0.29) is 18.1 Å². The largest absolute Gasteiger partial charge is 0.370 e. The number of piperidine rings is 1. The van der Waals surface area contributed by atoms with E-state index in [1.54, 1.807) is 6.20 Å². The minimum Gasteiger partial charge on any atom is -0.370 e. The first kappa shape index (κ1) is 14.4. The van der Waals surface area contributed by atoms with Crippen LogP contribution in [-0.2, 0) is 22.6 Å². The Bertz CT molecular complexity index is 710. The van der Waals surface area contributed by atoms with Crippen LogP contribution >= 0.6 is 0 Å². The maximum absolute atomic E-state index is 12.6. The maximum atomic E-state index is 12.6. The minimum absolute atomic E-state index is 0.0805. The molecule has 23 heavy (non-hydrogen) atoms. The van der Waals surface area contributed by atoms with Crippen molar-refractivity contribution >= 4 is 5.91 Å². The fourth-order valence-corrected chi connectivity index (χ4v) is 3.40. The molecule has 6 nitrogen and oxygen atoms in total. The standard InChI is InChI=1S/C17H20N4O2/c1-12-2-4-13(5-3-12)8-17(22)20-7-6-16-15(10-20)21-14(11-23-16)9-18-19-21/h2-5,9,15-16H,6-8,10-11H2,1H3/t15-,16+/m1/s1. The van der Waals surface area contributed by atoms with Crippen molar-refractivity contribution in [2.45, 2.75) is 38.5 Å². The number of likely N-dealkylation sites (tertiary alicyclic amines) is 1. The summed E-state index contributed by atoms with van der Waals surface area (Å²) >= 11 is 0. The molecule has 0 N–H and O–H groups in total. The molecule has 1 fully saturated rings. The van der Waals surface area contributed by atoms with Crippen molar-refractivity contribution in [3.63, 3.8) is 0 Å². The number of aryl methyl sites for hydroxylation is 1. The monoisotopic (exact) mass is 312 g/mol. The zero-order valence-electron chi connectivity index (χ0n) is 13.2. The molecule has 2 atom stereocenters. The highest BCUT2D eigenvalue weighted by molar-refractivity contribution is 5.79. The molecule has 1 aromatic heterocycles. The second-order valence-electron chi connectivity index (χ2n) is 6.38. The van der Waals surface area contributed by atoms with Crippen molar-refractivity contribution in [1.29, 1.82) is 0 Å². The average molecular weight is 312 g/mol. The zero-order valence-corrected chi connectivity index (χ0v) is 13.2. The summed E-state index contributed by atoms with van der Waals surface area (Å²) < 4.78 is 7.82. The Labute approximate surface area is 135 Å². The second kappa shape index (κ2) is 5.77. The van der Waals surface area contributed by atoms with Crippen LogP contribution in [0.2, 0.25) is 0 Å². The topological polar surface area (TPSA) is 60.3 Å². The van der Waals surface area contributed by atoms with E-state index in [1.165, 1.54) is 5.56 Å². The molecule has 1 aromatic carbocycles. The average Bonchev–Trinajstić information content (AvgIpc) is 3.05. The molecule has 2 aliphatic rings. The highest BCUT2D eigenvalue weighted by atomic mass is 16.5. The van der Waals surface area contributed by atoms with E-state index in [9.17, 15) is 4.79 Å². The van der Waals surface area contributed by atoms with Gasteiger partial charge in [0, 0.05) is 13.1 Å². The van der Waals surface area contributed by atoms with Crippen LogP contribution in [0.4, 0.5) is 0 Å². The third kappa shape index (κ3) is 2.74. The number of fused-ring (bicyclic) bond motifs is 3. The van der Waals surface area contributed by atoms with E-state index in [0.717, 1.165) is 24.2 Å². The van der Waals surface area contributed by atoms with Gasteiger partial charge in [-0.3, -0.25) is 4.79 Å². The molecule has 6 heteroatoms. The Kier molecular flexibility index (Phi) is 3.61. The molecule has 120 valence electrons. The van der Waals surface area contributed by atoms with Crippen molar-refractivity contribution in [1.82, 2.24) is 19.9 Å². The maximum Gasteiger partial charge on any atom is 0.227 e. The third-order valence-electron chi connectivity index (χ3n) is 4.76. The molecular weight excluding hydrogens is 292 g/mol. The van der Waals surface area contributed by atoms with Gasteiger partial charge in [0.25, 0.3) is 0 Å². The summed E-state index contributed by atoms with van der Waals surface area (Å²) in [6.07, 6.45) is 3.17. The van der Waals surface area contributed by atoms with E-state index in [4.69, 9.17) is 4.74 Å². The molecule has 0 bridgehead atoms. The third-order valence-corrected chi connectivity index (χ3v) is 4.76. The first-order valence-corrected chi connectivity index (χ1v) is 8.05. The summed E-state index contributed by atoms with van der Waals surface area (Å²) in [7, 11) is 0. The number of hydrogen-bond donors (Lipinski definition) is 0. The van der Waals surface area contributed by atoms with E-state index in [1.807, 2.05) is 33.8 Å². The molecule has 0 unspecified atom stereocenters. The van der Waals surface area contributed by atoms with Gasteiger partial charge < -0.3 is 9.64 Å².